The Kier molecular flexibility index (Phi) is 5.12. The van der Waals surface area contributed by atoms with Gasteiger partial charge in [-0.25, -0.2) is 0 Å². The monoisotopic (exact) mass is 294 g/mol. The van der Waals surface area contributed by atoms with Crippen LogP contribution in [0.4, 0.5) is 5.69 Å². The van der Waals surface area contributed by atoms with Crippen molar-refractivity contribution in [3.05, 3.63) is 66.2 Å². The Morgan fingerprint density at radius 3 is 2.18 bits per heavy atom. The highest BCUT2D eigenvalue weighted by Gasteiger charge is 2.23. The normalized spacial score (nSPS) is 18.0. The molecule has 1 aliphatic rings. The molecule has 0 saturated carbocycles. The Hall–Kier alpha value is -1.80. The predicted octanol–water partition coefficient (Wildman–Crippen LogP) is 4.37. The highest BCUT2D eigenvalue weighted by molar-refractivity contribution is 5.42. The van der Waals surface area contributed by atoms with Gasteiger partial charge in [0.05, 0.1) is 0 Å². The van der Waals surface area contributed by atoms with Crippen LogP contribution in [0.3, 0.4) is 0 Å². The first-order valence-electron chi connectivity index (χ1n) is 8.41. The van der Waals surface area contributed by atoms with Gasteiger partial charge in [-0.05, 0) is 56.5 Å². The summed E-state index contributed by atoms with van der Waals surface area (Å²) in [5.74, 6) is 0.742. The molecule has 2 nitrogen and oxygen atoms in total. The Bertz CT molecular complexity index is 544. The van der Waals surface area contributed by atoms with Crippen LogP contribution < -0.4 is 5.32 Å². The fraction of sp³-hybridized carbons (Fsp3) is 0.400. The van der Waals surface area contributed by atoms with Crippen LogP contribution in [-0.2, 0) is 0 Å². The second-order valence-electron chi connectivity index (χ2n) is 6.32. The van der Waals surface area contributed by atoms with Gasteiger partial charge in [-0.1, -0.05) is 48.5 Å². The maximum Gasteiger partial charge on any atom is 0.0340 e. The summed E-state index contributed by atoms with van der Waals surface area (Å²) in [5, 5.41) is 3.54. The van der Waals surface area contributed by atoms with Gasteiger partial charge in [0.25, 0.3) is 0 Å². The molecule has 1 saturated heterocycles. The van der Waals surface area contributed by atoms with Crippen molar-refractivity contribution in [3.63, 3.8) is 0 Å². The number of piperidine rings is 1. The third kappa shape index (κ3) is 3.89. The molecule has 0 aromatic heterocycles. The lowest BCUT2D eigenvalue weighted by Gasteiger charge is -2.36. The maximum absolute atomic E-state index is 3.54. The van der Waals surface area contributed by atoms with Gasteiger partial charge in [-0.2, -0.15) is 0 Å². The zero-order valence-corrected chi connectivity index (χ0v) is 13.4. The van der Waals surface area contributed by atoms with Crippen LogP contribution in [0, 0.1) is 0 Å². The number of nitrogens with zero attached hydrogens (tertiary/aromatic N) is 1. The van der Waals surface area contributed by atoms with E-state index in [0.717, 1.165) is 12.5 Å². The fourth-order valence-corrected chi connectivity index (χ4v) is 3.35. The van der Waals surface area contributed by atoms with Crippen LogP contribution in [0.15, 0.2) is 60.7 Å². The van der Waals surface area contributed by atoms with Crippen LogP contribution in [0.1, 0.15) is 31.2 Å². The minimum absolute atomic E-state index is 0.580. The predicted molar refractivity (Wildman–Crippen MR) is 94.4 cm³/mol. The topological polar surface area (TPSA) is 15.3 Å². The van der Waals surface area contributed by atoms with Crippen molar-refractivity contribution in [2.75, 3.05) is 25.0 Å². The lowest BCUT2D eigenvalue weighted by molar-refractivity contribution is 0.168. The second-order valence-corrected chi connectivity index (χ2v) is 6.32. The van der Waals surface area contributed by atoms with Crippen molar-refractivity contribution >= 4 is 5.69 Å². The standard InChI is InChI=1S/C20H26N2/c1-17(16-21-20-10-6-3-7-11-20)22-14-12-19(13-15-22)18-8-4-2-5-9-18/h2-11,17,19,21H,12-16H2,1H3/t17-/m1/s1. The van der Waals surface area contributed by atoms with Crippen molar-refractivity contribution in [1.82, 2.24) is 4.90 Å². The zero-order chi connectivity index (χ0) is 15.2. The average Bonchev–Trinajstić information content (AvgIpc) is 2.61. The Morgan fingerprint density at radius 2 is 1.55 bits per heavy atom. The van der Waals surface area contributed by atoms with Gasteiger partial charge < -0.3 is 5.32 Å². The highest BCUT2D eigenvalue weighted by Crippen LogP contribution is 2.28. The Labute approximate surface area is 134 Å². The summed E-state index contributed by atoms with van der Waals surface area (Å²) in [6.45, 7) is 5.76. The lowest BCUT2D eigenvalue weighted by Crippen LogP contribution is -2.42. The number of benzene rings is 2. The quantitative estimate of drug-likeness (QED) is 0.881. The molecule has 3 rings (SSSR count). The van der Waals surface area contributed by atoms with Crippen molar-refractivity contribution < 1.29 is 0 Å². The van der Waals surface area contributed by atoms with E-state index in [4.69, 9.17) is 0 Å². The molecule has 1 N–H and O–H groups in total. The van der Waals surface area contributed by atoms with Gasteiger partial charge in [0.1, 0.15) is 0 Å². The molecule has 2 aromatic carbocycles. The minimum atomic E-state index is 0.580. The van der Waals surface area contributed by atoms with E-state index in [-0.39, 0.29) is 0 Å². The molecule has 0 bridgehead atoms. The van der Waals surface area contributed by atoms with Crippen molar-refractivity contribution in [3.8, 4) is 0 Å². The summed E-state index contributed by atoms with van der Waals surface area (Å²) >= 11 is 0. The summed E-state index contributed by atoms with van der Waals surface area (Å²) in [7, 11) is 0. The molecule has 0 radical (unpaired) electrons. The number of hydrogen-bond acceptors (Lipinski definition) is 2. The van der Waals surface area contributed by atoms with Crippen molar-refractivity contribution in [2.45, 2.75) is 31.7 Å². The third-order valence-corrected chi connectivity index (χ3v) is 4.80. The first-order valence-corrected chi connectivity index (χ1v) is 8.41. The molecule has 1 aliphatic heterocycles. The second kappa shape index (κ2) is 7.46. The van der Waals surface area contributed by atoms with Crippen molar-refractivity contribution in [2.24, 2.45) is 0 Å². The number of likely N-dealkylation sites (tertiary alicyclic amines) is 1. The van der Waals surface area contributed by atoms with E-state index in [1.54, 1.807) is 0 Å². The van der Waals surface area contributed by atoms with Crippen LogP contribution in [0.2, 0.25) is 0 Å². The Morgan fingerprint density at radius 1 is 0.955 bits per heavy atom. The number of anilines is 1. The van der Waals surface area contributed by atoms with E-state index in [2.05, 4.69) is 77.8 Å². The molecule has 0 unspecified atom stereocenters. The van der Waals surface area contributed by atoms with Gasteiger partial charge in [-0.15, -0.1) is 0 Å². The highest BCUT2D eigenvalue weighted by atomic mass is 15.2. The van der Waals surface area contributed by atoms with E-state index in [9.17, 15) is 0 Å². The van der Waals surface area contributed by atoms with Crippen LogP contribution in [-0.4, -0.2) is 30.6 Å². The molecule has 0 aliphatic carbocycles. The Balaban J connectivity index is 1.46. The third-order valence-electron chi connectivity index (χ3n) is 4.80. The molecule has 2 heteroatoms. The molecule has 1 atom stereocenters. The van der Waals surface area contributed by atoms with E-state index in [1.165, 1.54) is 37.2 Å². The van der Waals surface area contributed by atoms with E-state index in [0.29, 0.717) is 6.04 Å². The number of hydrogen-bond donors (Lipinski definition) is 1. The summed E-state index contributed by atoms with van der Waals surface area (Å²) in [5.41, 5.74) is 2.73. The average molecular weight is 294 g/mol. The smallest absolute Gasteiger partial charge is 0.0340 e. The minimum Gasteiger partial charge on any atom is -0.383 e. The molecule has 22 heavy (non-hydrogen) atoms. The summed E-state index contributed by atoms with van der Waals surface area (Å²) in [6, 6.07) is 22.1. The van der Waals surface area contributed by atoms with Crippen LogP contribution in [0.25, 0.3) is 0 Å². The van der Waals surface area contributed by atoms with Gasteiger partial charge >= 0.3 is 0 Å². The first-order chi connectivity index (χ1) is 10.8. The summed E-state index contributed by atoms with van der Waals surface area (Å²) in [6.07, 6.45) is 2.55. The maximum atomic E-state index is 3.54. The number of para-hydroxylation sites is 1. The van der Waals surface area contributed by atoms with Gasteiger partial charge in [0.15, 0.2) is 0 Å². The summed E-state index contributed by atoms with van der Waals surface area (Å²) < 4.78 is 0. The molecular formula is C20H26N2. The number of nitrogens with one attached hydrogen (secondary N) is 1. The molecule has 1 fully saturated rings. The molecule has 0 amide bonds. The van der Waals surface area contributed by atoms with E-state index < -0.39 is 0 Å². The molecule has 2 aromatic rings. The molecule has 1 heterocycles. The molecular weight excluding hydrogens is 268 g/mol. The largest absolute Gasteiger partial charge is 0.383 e. The van der Waals surface area contributed by atoms with Crippen molar-refractivity contribution in [1.29, 1.82) is 0 Å². The fourth-order valence-electron chi connectivity index (χ4n) is 3.35. The summed E-state index contributed by atoms with van der Waals surface area (Å²) in [4.78, 5) is 2.62. The van der Waals surface area contributed by atoms with E-state index >= 15 is 0 Å². The zero-order valence-electron chi connectivity index (χ0n) is 13.4. The van der Waals surface area contributed by atoms with E-state index in [1.807, 2.05) is 0 Å². The lowest BCUT2D eigenvalue weighted by atomic mass is 9.89. The molecule has 0 spiro atoms. The molecule has 116 valence electrons. The van der Waals surface area contributed by atoms with Crippen LogP contribution in [0.5, 0.6) is 0 Å². The van der Waals surface area contributed by atoms with Gasteiger partial charge in [-0.3, -0.25) is 4.90 Å². The van der Waals surface area contributed by atoms with Gasteiger partial charge in [0.2, 0.25) is 0 Å². The van der Waals surface area contributed by atoms with Crippen LogP contribution >= 0.6 is 0 Å². The number of rotatable bonds is 5. The SMILES string of the molecule is C[C@H](CNc1ccccc1)N1CCC(c2ccccc2)CC1. The van der Waals surface area contributed by atoms with Gasteiger partial charge in [0, 0.05) is 18.3 Å². The first kappa shape index (κ1) is 15.1.